The molecule has 2 saturated carbocycles. The normalized spacial score (nSPS) is 27.6. The highest BCUT2D eigenvalue weighted by atomic mass is 32.2. The predicted octanol–water partition coefficient (Wildman–Crippen LogP) is 2.68. The Balaban J connectivity index is 1.25. The zero-order valence-corrected chi connectivity index (χ0v) is 29.9. The van der Waals surface area contributed by atoms with E-state index in [4.69, 9.17) is 9.47 Å². The van der Waals surface area contributed by atoms with Gasteiger partial charge < -0.3 is 29.6 Å². The van der Waals surface area contributed by atoms with Crippen molar-refractivity contribution in [2.45, 2.75) is 101 Å². The molecule has 0 spiro atoms. The Bertz CT molecular complexity index is 1820. The van der Waals surface area contributed by atoms with Gasteiger partial charge in [0, 0.05) is 24.4 Å². The van der Waals surface area contributed by atoms with Crippen molar-refractivity contribution in [2.24, 2.45) is 18.4 Å². The van der Waals surface area contributed by atoms with Crippen LogP contribution in [0.15, 0.2) is 24.3 Å². The van der Waals surface area contributed by atoms with Gasteiger partial charge in [0.2, 0.25) is 21.8 Å². The second-order valence-corrected chi connectivity index (χ2v) is 17.0. The van der Waals surface area contributed by atoms with Crippen molar-refractivity contribution in [2.75, 3.05) is 19.7 Å². The van der Waals surface area contributed by atoms with Crippen molar-refractivity contribution < 1.29 is 41.9 Å². The van der Waals surface area contributed by atoms with Crippen LogP contribution in [0.25, 0.3) is 10.9 Å². The van der Waals surface area contributed by atoms with E-state index >= 15 is 0 Å². The summed E-state index contributed by atoms with van der Waals surface area (Å²) in [5.74, 6) is -2.99. The molecule has 272 valence electrons. The molecule has 4 atom stereocenters. The van der Waals surface area contributed by atoms with Crippen LogP contribution in [0.2, 0.25) is 0 Å². The first kappa shape index (κ1) is 35.7. The summed E-state index contributed by atoms with van der Waals surface area (Å²) in [6.45, 7) is 5.41. The lowest BCUT2D eigenvalue weighted by Gasteiger charge is -2.27. The van der Waals surface area contributed by atoms with E-state index in [0.717, 1.165) is 42.1 Å². The third-order valence-electron chi connectivity index (χ3n) is 10.6. The molecule has 4 aliphatic rings. The molecule has 1 saturated heterocycles. The third-order valence-corrected chi connectivity index (χ3v) is 12.4. The number of hydrogen-bond donors (Lipinski definition) is 3. The maximum Gasteiger partial charge on any atom is 0.407 e. The highest BCUT2D eigenvalue weighted by molar-refractivity contribution is 7.91. The average Bonchev–Trinajstić information content (AvgIpc) is 3.97. The lowest BCUT2D eigenvalue weighted by Crippen LogP contribution is -2.57. The van der Waals surface area contributed by atoms with Crippen molar-refractivity contribution in [1.82, 2.24) is 24.8 Å². The second-order valence-electron chi connectivity index (χ2n) is 15.0. The van der Waals surface area contributed by atoms with E-state index in [1.165, 1.54) is 4.90 Å². The van der Waals surface area contributed by atoms with Gasteiger partial charge in [0.25, 0.3) is 5.91 Å². The largest absolute Gasteiger partial charge is 0.456 e. The van der Waals surface area contributed by atoms with Crippen molar-refractivity contribution in [3.63, 3.8) is 0 Å². The number of fused-ring (bicyclic) bond motifs is 3. The molecule has 3 fully saturated rings. The maximum atomic E-state index is 13.9. The SMILES string of the molecule is CC[C@@H]1C[C@]1(NC(=O)[C@@H]1C[C@@H]2CN1C(=O)CNC(=O)OCC(C)(C)CCCCc1cccc3c1cc(n3C)C(=O)O2)C(=O)NS(=O)(=O)C1CC1. The van der Waals surface area contributed by atoms with Crippen LogP contribution in [0.3, 0.4) is 0 Å². The number of nitrogens with one attached hydrogen (secondary N) is 3. The molecule has 1 aromatic heterocycles. The number of carbonyl (C=O) groups is 5. The standard InChI is InChI=1S/C35H47N5O9S/c1-5-22-17-35(22,32(44)38-50(46,47)24-12-13-24)37-30(42)27-15-23-19-40(27)29(41)18-36-33(45)48-20-34(2,3)14-7-6-9-21-10-8-11-26-25(21)16-28(39(26)4)31(43)49-23/h8,10-11,16,22-24,27H,5-7,9,12-15,17-20H2,1-4H3,(H,36,45)(H,37,42)(H,38,44)/t22-,23-,27+,35-/m1/s1. The topological polar surface area (TPSA) is 182 Å². The molecular weight excluding hydrogens is 666 g/mol. The van der Waals surface area contributed by atoms with Crippen LogP contribution >= 0.6 is 0 Å². The third kappa shape index (κ3) is 7.33. The number of amides is 4. The Labute approximate surface area is 292 Å². The number of cyclic esters (lactones) is 1. The van der Waals surface area contributed by atoms with Gasteiger partial charge in [-0.25, -0.2) is 18.0 Å². The fourth-order valence-electron chi connectivity index (χ4n) is 7.30. The van der Waals surface area contributed by atoms with Gasteiger partial charge in [-0.1, -0.05) is 45.7 Å². The van der Waals surface area contributed by atoms with Gasteiger partial charge >= 0.3 is 12.1 Å². The number of ether oxygens (including phenoxy) is 2. The number of aryl methyl sites for hydroxylation is 2. The number of rotatable bonds is 6. The lowest BCUT2D eigenvalue weighted by molar-refractivity contribution is -0.139. The number of benzene rings is 1. The Hall–Kier alpha value is -4.14. The minimum absolute atomic E-state index is 0.0635. The molecule has 1 aromatic carbocycles. The lowest BCUT2D eigenvalue weighted by atomic mass is 9.87. The second kappa shape index (κ2) is 13.5. The van der Waals surface area contributed by atoms with Crippen molar-refractivity contribution in [3.05, 3.63) is 35.5 Å². The van der Waals surface area contributed by atoms with E-state index in [1.807, 2.05) is 45.0 Å². The number of alkyl carbamates (subject to hydrolysis) is 1. The fourth-order valence-corrected chi connectivity index (χ4v) is 8.67. The minimum atomic E-state index is -3.86. The predicted molar refractivity (Wildman–Crippen MR) is 182 cm³/mol. The molecule has 3 N–H and O–H groups in total. The Morgan fingerprint density at radius 2 is 1.88 bits per heavy atom. The molecular formula is C35H47N5O9S. The molecule has 3 heterocycles. The van der Waals surface area contributed by atoms with Gasteiger partial charge in [-0.05, 0) is 67.6 Å². The monoisotopic (exact) mass is 713 g/mol. The highest BCUT2D eigenvalue weighted by Gasteiger charge is 2.62. The Kier molecular flexibility index (Phi) is 9.66. The van der Waals surface area contributed by atoms with E-state index in [0.29, 0.717) is 25.0 Å². The Morgan fingerprint density at radius 1 is 1.12 bits per heavy atom. The van der Waals surface area contributed by atoms with Gasteiger partial charge in [-0.15, -0.1) is 0 Å². The van der Waals surface area contributed by atoms with Crippen LogP contribution in [-0.4, -0.2) is 90.3 Å². The molecule has 0 unspecified atom stereocenters. The molecule has 4 amide bonds. The first-order valence-corrected chi connectivity index (χ1v) is 19.1. The number of esters is 1. The first-order valence-electron chi connectivity index (χ1n) is 17.5. The van der Waals surface area contributed by atoms with Crippen LogP contribution in [0.5, 0.6) is 0 Å². The van der Waals surface area contributed by atoms with Crippen LogP contribution in [0, 0.1) is 11.3 Å². The van der Waals surface area contributed by atoms with Gasteiger partial charge in [0.15, 0.2) is 0 Å². The van der Waals surface area contributed by atoms with Crippen molar-refractivity contribution >= 4 is 50.7 Å². The van der Waals surface area contributed by atoms with Gasteiger partial charge in [-0.2, -0.15) is 0 Å². The minimum Gasteiger partial charge on any atom is -0.456 e. The molecule has 0 radical (unpaired) electrons. The van der Waals surface area contributed by atoms with Gasteiger partial charge in [0.05, 0.1) is 18.4 Å². The summed E-state index contributed by atoms with van der Waals surface area (Å²) in [5.41, 5.74) is 0.553. The first-order chi connectivity index (χ1) is 23.6. The summed E-state index contributed by atoms with van der Waals surface area (Å²) in [4.78, 5) is 68.3. The number of nitrogens with zero attached hydrogens (tertiary/aromatic N) is 2. The van der Waals surface area contributed by atoms with Crippen LogP contribution in [-0.2, 0) is 47.3 Å². The van der Waals surface area contributed by atoms with Gasteiger partial charge in [-0.3, -0.25) is 19.1 Å². The highest BCUT2D eigenvalue weighted by Crippen LogP contribution is 2.47. The van der Waals surface area contributed by atoms with E-state index < -0.39 is 69.3 Å². The molecule has 14 nitrogen and oxygen atoms in total. The summed E-state index contributed by atoms with van der Waals surface area (Å²) >= 11 is 0. The Morgan fingerprint density at radius 3 is 2.58 bits per heavy atom. The fraction of sp³-hybridized carbons (Fsp3) is 0.629. The molecule has 2 aromatic rings. The zero-order valence-electron chi connectivity index (χ0n) is 29.1. The smallest absolute Gasteiger partial charge is 0.407 e. The van der Waals surface area contributed by atoms with Crippen LogP contribution < -0.4 is 15.4 Å². The molecule has 6 rings (SSSR count). The summed E-state index contributed by atoms with van der Waals surface area (Å²) in [7, 11) is -2.07. The molecule has 4 bridgehead atoms. The quantitative estimate of drug-likeness (QED) is 0.379. The molecule has 50 heavy (non-hydrogen) atoms. The van der Waals surface area contributed by atoms with E-state index in [1.54, 1.807) is 11.6 Å². The number of sulfonamides is 1. The van der Waals surface area contributed by atoms with E-state index in [-0.39, 0.29) is 37.3 Å². The van der Waals surface area contributed by atoms with Gasteiger partial charge in [0.1, 0.15) is 29.9 Å². The summed E-state index contributed by atoms with van der Waals surface area (Å²) in [6.07, 6.45) is 3.39. The number of aromatic nitrogens is 1. The molecule has 15 heteroatoms. The molecule has 2 aliphatic carbocycles. The van der Waals surface area contributed by atoms with E-state index in [2.05, 4.69) is 15.4 Å². The number of hydrogen-bond acceptors (Lipinski definition) is 9. The maximum absolute atomic E-state index is 13.9. The zero-order chi connectivity index (χ0) is 36.0. The molecule has 2 aliphatic heterocycles. The van der Waals surface area contributed by atoms with E-state index in [9.17, 15) is 32.4 Å². The average molecular weight is 714 g/mol. The summed E-state index contributed by atoms with van der Waals surface area (Å²) in [5, 5.41) is 5.57. The summed E-state index contributed by atoms with van der Waals surface area (Å²) in [6, 6.07) is 6.60. The number of carbonyl (C=O) groups excluding carboxylic acids is 5. The summed E-state index contributed by atoms with van der Waals surface area (Å²) < 4.78 is 40.5. The van der Waals surface area contributed by atoms with Crippen LogP contribution in [0.1, 0.15) is 88.2 Å². The van der Waals surface area contributed by atoms with Crippen LogP contribution in [0.4, 0.5) is 4.79 Å². The van der Waals surface area contributed by atoms with Crippen molar-refractivity contribution in [3.8, 4) is 0 Å². The van der Waals surface area contributed by atoms with Crippen molar-refractivity contribution in [1.29, 1.82) is 0 Å².